The minimum Gasteiger partial charge on any atom is -0.455 e. The third kappa shape index (κ3) is 4.88. The van der Waals surface area contributed by atoms with Crippen LogP contribution in [0.3, 0.4) is 0 Å². The highest BCUT2D eigenvalue weighted by molar-refractivity contribution is 6.25. The van der Waals surface area contributed by atoms with Crippen LogP contribution in [0.2, 0.25) is 0 Å². The Balaban J connectivity index is 0.928. The van der Waals surface area contributed by atoms with E-state index in [2.05, 4.69) is 222 Å². The number of para-hydroxylation sites is 1. The van der Waals surface area contributed by atoms with Crippen molar-refractivity contribution in [1.82, 2.24) is 0 Å². The van der Waals surface area contributed by atoms with Crippen molar-refractivity contribution in [2.24, 2.45) is 0 Å². The molecule has 12 aromatic rings. The summed E-state index contributed by atoms with van der Waals surface area (Å²) in [5.74, 6) is 0. The lowest BCUT2D eigenvalue weighted by Gasteiger charge is -2.23. The number of rotatable bonds is 3. The first-order valence-electron chi connectivity index (χ1n) is 23.0. The molecule has 2 aliphatic carbocycles. The van der Waals surface area contributed by atoms with E-state index < -0.39 is 0 Å². The van der Waals surface area contributed by atoms with E-state index in [1.807, 2.05) is 0 Å². The van der Waals surface area contributed by atoms with Gasteiger partial charge in [-0.3, -0.25) is 0 Å². The maximum absolute atomic E-state index is 6.67. The molecule has 14 rings (SSSR count). The Morgan fingerprint density at radius 3 is 1.57 bits per heavy atom. The van der Waals surface area contributed by atoms with Crippen LogP contribution in [0.5, 0.6) is 0 Å². The molecule has 0 N–H and O–H groups in total. The molecule has 11 aromatic carbocycles. The molecule has 1 heteroatoms. The standard InChI is InChI=1S/C64H44O/c1-63(2)53-33-30-40(57-44-19-7-9-21-46(44)58(47-22-10-8-20-45(47)57)43-26-15-17-37-16-5-6-18-41(37)43)35-51(53)42-31-28-39(36-55(42)63)38-29-32-54-52(34-38)59-48-23-11-12-24-49(48)62-60(61(59)64(54,3)4)50-25-13-14-27-56(50)65-62/h5-36H,1-4H3. The lowest BCUT2D eigenvalue weighted by Crippen LogP contribution is -2.15. The molecule has 0 saturated heterocycles. The highest BCUT2D eigenvalue weighted by Crippen LogP contribution is 2.58. The zero-order valence-corrected chi connectivity index (χ0v) is 36.9. The molecular formula is C64H44O. The Kier molecular flexibility index (Phi) is 7.30. The van der Waals surface area contributed by atoms with Crippen LogP contribution in [0, 0.1) is 0 Å². The molecule has 0 amide bonds. The molecule has 0 fully saturated rings. The summed E-state index contributed by atoms with van der Waals surface area (Å²) in [6, 6.07) is 72.6. The van der Waals surface area contributed by atoms with Gasteiger partial charge in [-0.2, -0.15) is 0 Å². The van der Waals surface area contributed by atoms with Crippen LogP contribution in [0.25, 0.3) is 121 Å². The summed E-state index contributed by atoms with van der Waals surface area (Å²) in [5.41, 5.74) is 20.0. The third-order valence-corrected chi connectivity index (χ3v) is 15.4. The lowest BCUT2D eigenvalue weighted by atomic mass is 9.79. The van der Waals surface area contributed by atoms with E-state index in [4.69, 9.17) is 4.42 Å². The molecule has 0 saturated carbocycles. The zero-order valence-electron chi connectivity index (χ0n) is 36.9. The molecule has 0 atom stereocenters. The predicted molar refractivity (Wildman–Crippen MR) is 275 cm³/mol. The molecule has 0 radical (unpaired) electrons. The predicted octanol–water partition coefficient (Wildman–Crippen LogP) is 17.8. The van der Waals surface area contributed by atoms with Gasteiger partial charge < -0.3 is 4.42 Å². The van der Waals surface area contributed by atoms with Crippen molar-refractivity contribution in [2.75, 3.05) is 0 Å². The van der Waals surface area contributed by atoms with E-state index in [1.54, 1.807) is 0 Å². The average molecular weight is 829 g/mol. The smallest absolute Gasteiger partial charge is 0.143 e. The largest absolute Gasteiger partial charge is 0.455 e. The van der Waals surface area contributed by atoms with E-state index in [-0.39, 0.29) is 10.8 Å². The molecule has 2 aliphatic rings. The highest BCUT2D eigenvalue weighted by atomic mass is 16.3. The molecule has 0 aliphatic heterocycles. The maximum Gasteiger partial charge on any atom is 0.143 e. The fourth-order valence-electron chi connectivity index (χ4n) is 12.4. The molecule has 1 heterocycles. The zero-order chi connectivity index (χ0) is 43.3. The van der Waals surface area contributed by atoms with Gasteiger partial charge in [0.1, 0.15) is 11.2 Å². The lowest BCUT2D eigenvalue weighted by molar-refractivity contribution is 0.659. The minimum absolute atomic E-state index is 0.170. The Hall–Kier alpha value is -7.74. The number of hydrogen-bond donors (Lipinski definition) is 0. The van der Waals surface area contributed by atoms with Crippen LogP contribution in [-0.4, -0.2) is 0 Å². The second kappa shape index (κ2) is 12.9. The molecule has 0 spiro atoms. The summed E-state index contributed by atoms with van der Waals surface area (Å²) in [4.78, 5) is 0. The first-order valence-corrected chi connectivity index (χ1v) is 23.0. The van der Waals surface area contributed by atoms with Gasteiger partial charge in [0.25, 0.3) is 0 Å². The Morgan fingerprint density at radius 2 is 0.846 bits per heavy atom. The second-order valence-corrected chi connectivity index (χ2v) is 19.5. The van der Waals surface area contributed by atoms with Gasteiger partial charge in [0.05, 0.1) is 0 Å². The summed E-state index contributed by atoms with van der Waals surface area (Å²) >= 11 is 0. The molecule has 306 valence electrons. The van der Waals surface area contributed by atoms with E-state index in [9.17, 15) is 0 Å². The average Bonchev–Trinajstić information content (AvgIpc) is 3.92. The highest BCUT2D eigenvalue weighted by Gasteiger charge is 2.41. The normalized spacial score (nSPS) is 14.4. The molecule has 0 bridgehead atoms. The Morgan fingerprint density at radius 1 is 0.323 bits per heavy atom. The van der Waals surface area contributed by atoms with Gasteiger partial charge >= 0.3 is 0 Å². The first-order chi connectivity index (χ1) is 31.8. The van der Waals surface area contributed by atoms with E-state index in [0.717, 1.165) is 11.2 Å². The van der Waals surface area contributed by atoms with E-state index >= 15 is 0 Å². The molecule has 0 unspecified atom stereocenters. The summed E-state index contributed by atoms with van der Waals surface area (Å²) in [6.07, 6.45) is 0. The summed E-state index contributed by atoms with van der Waals surface area (Å²) < 4.78 is 6.67. The number of fused-ring (bicyclic) bond motifs is 16. The van der Waals surface area contributed by atoms with Crippen molar-refractivity contribution < 1.29 is 4.42 Å². The molecule has 65 heavy (non-hydrogen) atoms. The molecule has 1 aromatic heterocycles. The van der Waals surface area contributed by atoms with Crippen LogP contribution in [0.15, 0.2) is 199 Å². The number of hydrogen-bond acceptors (Lipinski definition) is 1. The van der Waals surface area contributed by atoms with Crippen molar-refractivity contribution in [1.29, 1.82) is 0 Å². The van der Waals surface area contributed by atoms with Crippen LogP contribution < -0.4 is 0 Å². The van der Waals surface area contributed by atoms with Crippen LogP contribution in [0.1, 0.15) is 49.9 Å². The first kappa shape index (κ1) is 36.7. The van der Waals surface area contributed by atoms with Crippen molar-refractivity contribution in [2.45, 2.75) is 38.5 Å². The fraction of sp³-hybridized carbons (Fsp3) is 0.0938. The number of furan rings is 1. The van der Waals surface area contributed by atoms with E-state index in [0.29, 0.717) is 0 Å². The Bertz CT molecular complexity index is 4000. The van der Waals surface area contributed by atoms with Gasteiger partial charge in [0.2, 0.25) is 0 Å². The van der Waals surface area contributed by atoms with Crippen molar-refractivity contribution in [3.05, 3.63) is 216 Å². The van der Waals surface area contributed by atoms with Crippen molar-refractivity contribution in [3.8, 4) is 55.6 Å². The van der Waals surface area contributed by atoms with Crippen LogP contribution in [-0.2, 0) is 10.8 Å². The maximum atomic E-state index is 6.67. The van der Waals surface area contributed by atoms with Gasteiger partial charge in [-0.05, 0) is 140 Å². The summed E-state index contributed by atoms with van der Waals surface area (Å²) in [6.45, 7) is 9.58. The van der Waals surface area contributed by atoms with E-state index in [1.165, 1.54) is 132 Å². The van der Waals surface area contributed by atoms with Gasteiger partial charge in [-0.1, -0.05) is 198 Å². The second-order valence-electron chi connectivity index (χ2n) is 19.5. The van der Waals surface area contributed by atoms with Crippen LogP contribution in [0.4, 0.5) is 0 Å². The fourth-order valence-corrected chi connectivity index (χ4v) is 12.4. The minimum atomic E-state index is -0.204. The quantitative estimate of drug-likeness (QED) is 0.162. The monoisotopic (exact) mass is 828 g/mol. The summed E-state index contributed by atoms with van der Waals surface area (Å²) in [7, 11) is 0. The molecular weight excluding hydrogens is 785 g/mol. The van der Waals surface area contributed by atoms with Gasteiger partial charge in [-0.15, -0.1) is 0 Å². The van der Waals surface area contributed by atoms with Gasteiger partial charge in [-0.25, -0.2) is 0 Å². The van der Waals surface area contributed by atoms with Crippen molar-refractivity contribution >= 4 is 65.0 Å². The molecule has 1 nitrogen and oxygen atoms in total. The third-order valence-electron chi connectivity index (χ3n) is 15.4. The number of benzene rings is 11. The van der Waals surface area contributed by atoms with Gasteiger partial charge in [0.15, 0.2) is 0 Å². The van der Waals surface area contributed by atoms with Crippen molar-refractivity contribution in [3.63, 3.8) is 0 Å². The van der Waals surface area contributed by atoms with Gasteiger partial charge in [0, 0.05) is 27.0 Å². The Labute approximate surface area is 378 Å². The SMILES string of the molecule is CC1(C)c2ccc(-c3c4ccccc4c(-c4cccc5ccccc45)c4ccccc34)cc2-c2ccc(-c3ccc4c(c3)-c3c(c5c6ccccc6oc5c5ccccc35)C4(C)C)cc21. The van der Waals surface area contributed by atoms with Crippen LogP contribution >= 0.6 is 0 Å². The topological polar surface area (TPSA) is 13.1 Å². The summed E-state index contributed by atoms with van der Waals surface area (Å²) in [5, 5.41) is 12.5.